The van der Waals surface area contributed by atoms with E-state index in [1.54, 1.807) is 18.4 Å². The quantitative estimate of drug-likeness (QED) is 0.827. The van der Waals surface area contributed by atoms with Crippen LogP contribution in [0.5, 0.6) is 5.88 Å². The largest absolute Gasteiger partial charge is 0.480 e. The monoisotopic (exact) mass is 311 g/mol. The second kappa shape index (κ2) is 5.65. The lowest BCUT2D eigenvalue weighted by atomic mass is 10.2. The minimum absolute atomic E-state index is 0.766. The number of aromatic nitrogens is 1. The third kappa shape index (κ3) is 2.69. The lowest BCUT2D eigenvalue weighted by Crippen LogP contribution is -1.87. The van der Waals surface area contributed by atoms with Crippen molar-refractivity contribution >= 4 is 27.3 Å². The molecule has 1 aromatic carbocycles. The number of halogens is 1. The van der Waals surface area contributed by atoms with E-state index in [-0.39, 0.29) is 0 Å². The van der Waals surface area contributed by atoms with Gasteiger partial charge in [-0.1, -0.05) is 47.5 Å². The van der Waals surface area contributed by atoms with E-state index in [2.05, 4.69) is 33.9 Å². The molecule has 0 aliphatic carbocycles. The van der Waals surface area contributed by atoms with Crippen molar-refractivity contribution in [2.24, 2.45) is 0 Å². The number of hydrogen-bond donors (Lipinski definition) is 0. The Balaban J connectivity index is 2.43. The fourth-order valence-corrected chi connectivity index (χ4v) is 3.41. The summed E-state index contributed by atoms with van der Waals surface area (Å²) in [5.74, 6) is 0.766. The number of methoxy groups -OCH3 is 1. The lowest BCUT2D eigenvalue weighted by Gasteiger charge is -1.98. The van der Waals surface area contributed by atoms with Crippen LogP contribution < -0.4 is 4.74 Å². The molecule has 0 unspecified atom stereocenters. The molecule has 2 aromatic rings. The van der Waals surface area contributed by atoms with E-state index in [1.807, 2.05) is 18.2 Å². The van der Waals surface area contributed by atoms with E-state index in [1.165, 1.54) is 4.88 Å². The first-order valence-corrected chi connectivity index (χ1v) is 7.15. The number of nitrogens with zero attached hydrogens (tertiary/aromatic N) is 1. The number of aryl methyl sites for hydroxylation is 1. The number of thiazole rings is 1. The second-order valence-corrected chi connectivity index (χ2v) is 5.62. The molecule has 1 aromatic heterocycles. The van der Waals surface area contributed by atoms with E-state index >= 15 is 0 Å². The van der Waals surface area contributed by atoms with Crippen LogP contribution in [0.4, 0.5) is 0 Å². The van der Waals surface area contributed by atoms with Crippen molar-refractivity contribution in [3.63, 3.8) is 0 Å². The van der Waals surface area contributed by atoms with Gasteiger partial charge >= 0.3 is 0 Å². The van der Waals surface area contributed by atoms with Crippen LogP contribution in [0.3, 0.4) is 0 Å². The summed E-state index contributed by atoms with van der Waals surface area (Å²) >= 11 is 5.26. The minimum atomic E-state index is 0.766. The Morgan fingerprint density at radius 3 is 2.76 bits per heavy atom. The molecule has 0 saturated heterocycles. The van der Waals surface area contributed by atoms with E-state index < -0.39 is 0 Å². The summed E-state index contributed by atoms with van der Waals surface area (Å²) in [6, 6.07) is 8.12. The molecule has 0 radical (unpaired) electrons. The highest BCUT2D eigenvalue weighted by molar-refractivity contribution is 9.10. The van der Waals surface area contributed by atoms with Gasteiger partial charge < -0.3 is 4.74 Å². The maximum absolute atomic E-state index is 5.32. The second-order valence-electron chi connectivity index (χ2n) is 3.68. The van der Waals surface area contributed by atoms with Crippen LogP contribution in [-0.4, -0.2) is 12.1 Å². The Kier molecular flexibility index (Phi) is 4.18. The van der Waals surface area contributed by atoms with Gasteiger partial charge in [0.15, 0.2) is 0 Å². The first kappa shape index (κ1) is 12.6. The zero-order valence-corrected chi connectivity index (χ0v) is 12.3. The average molecular weight is 312 g/mol. The van der Waals surface area contributed by atoms with Crippen molar-refractivity contribution < 1.29 is 4.74 Å². The van der Waals surface area contributed by atoms with Gasteiger partial charge in [0, 0.05) is 10.0 Å². The smallest absolute Gasteiger partial charge is 0.228 e. The van der Waals surface area contributed by atoms with Crippen molar-refractivity contribution in [1.29, 1.82) is 0 Å². The summed E-state index contributed by atoms with van der Waals surface area (Å²) < 4.78 is 6.39. The highest BCUT2D eigenvalue weighted by Crippen LogP contribution is 2.36. The average Bonchev–Trinajstić information content (AvgIpc) is 2.73. The molecule has 0 aliphatic heterocycles. The van der Waals surface area contributed by atoms with E-state index in [0.717, 1.165) is 33.8 Å². The highest BCUT2D eigenvalue weighted by Gasteiger charge is 2.13. The normalized spacial score (nSPS) is 10.5. The van der Waals surface area contributed by atoms with Crippen molar-refractivity contribution in [3.05, 3.63) is 33.6 Å². The van der Waals surface area contributed by atoms with Crippen molar-refractivity contribution in [2.75, 3.05) is 7.11 Å². The standard InChI is InChI=1S/C13H14BrNOS/c1-3-6-11-12(16-2)15-13(17-11)9-7-4-5-8-10(9)14/h4-5,7-8H,3,6H2,1-2H3. The van der Waals surface area contributed by atoms with E-state index in [9.17, 15) is 0 Å². The topological polar surface area (TPSA) is 22.1 Å². The summed E-state index contributed by atoms with van der Waals surface area (Å²) in [7, 11) is 1.68. The predicted octanol–water partition coefficient (Wildman–Crippen LogP) is 4.53. The molecule has 2 rings (SSSR count). The Labute approximate surface area is 114 Å². The van der Waals surface area contributed by atoms with Crippen LogP contribution >= 0.6 is 27.3 Å². The molecule has 0 aliphatic rings. The summed E-state index contributed by atoms with van der Waals surface area (Å²) in [6.45, 7) is 2.16. The zero-order valence-electron chi connectivity index (χ0n) is 9.87. The SMILES string of the molecule is CCCc1sc(-c2ccccc2Br)nc1OC. The molecular weight excluding hydrogens is 298 g/mol. The fraction of sp³-hybridized carbons (Fsp3) is 0.308. The van der Waals surface area contributed by atoms with Crippen LogP contribution in [0.15, 0.2) is 28.7 Å². The fourth-order valence-electron chi connectivity index (χ4n) is 1.63. The summed E-state index contributed by atoms with van der Waals surface area (Å²) in [6.07, 6.45) is 2.12. The van der Waals surface area contributed by atoms with E-state index in [4.69, 9.17) is 4.74 Å². The molecule has 0 saturated carbocycles. The number of ether oxygens (including phenoxy) is 1. The number of rotatable bonds is 4. The molecule has 0 fully saturated rings. The molecule has 4 heteroatoms. The molecule has 0 atom stereocenters. The van der Waals surface area contributed by atoms with Gasteiger partial charge in [-0.15, -0.1) is 11.3 Å². The van der Waals surface area contributed by atoms with Crippen LogP contribution in [0, 0.1) is 0 Å². The van der Waals surface area contributed by atoms with Gasteiger partial charge in [-0.2, -0.15) is 0 Å². The maximum atomic E-state index is 5.32. The van der Waals surface area contributed by atoms with E-state index in [0.29, 0.717) is 0 Å². The van der Waals surface area contributed by atoms with Crippen molar-refractivity contribution in [3.8, 4) is 16.5 Å². The molecule has 2 nitrogen and oxygen atoms in total. The highest BCUT2D eigenvalue weighted by atomic mass is 79.9. The zero-order chi connectivity index (χ0) is 12.3. The molecule has 17 heavy (non-hydrogen) atoms. The van der Waals surface area contributed by atoms with Gasteiger partial charge in [0.25, 0.3) is 0 Å². The number of benzene rings is 1. The molecule has 0 amide bonds. The Hall–Kier alpha value is -0.870. The third-order valence-electron chi connectivity index (χ3n) is 2.44. The molecule has 1 heterocycles. The summed E-state index contributed by atoms with van der Waals surface area (Å²) in [5, 5.41) is 1.01. The van der Waals surface area contributed by atoms with Crippen LogP contribution in [-0.2, 0) is 6.42 Å². The third-order valence-corrected chi connectivity index (χ3v) is 4.26. The summed E-state index contributed by atoms with van der Waals surface area (Å²) in [5.41, 5.74) is 1.12. The molecule has 90 valence electrons. The van der Waals surface area contributed by atoms with Crippen LogP contribution in [0.2, 0.25) is 0 Å². The minimum Gasteiger partial charge on any atom is -0.480 e. The first-order chi connectivity index (χ1) is 8.26. The van der Waals surface area contributed by atoms with Crippen LogP contribution in [0.1, 0.15) is 18.2 Å². The number of hydrogen-bond acceptors (Lipinski definition) is 3. The van der Waals surface area contributed by atoms with Gasteiger partial charge in [-0.3, -0.25) is 0 Å². The van der Waals surface area contributed by atoms with Gasteiger partial charge in [-0.25, -0.2) is 4.98 Å². The van der Waals surface area contributed by atoms with Gasteiger partial charge in [0.2, 0.25) is 5.88 Å². The molecule has 0 N–H and O–H groups in total. The van der Waals surface area contributed by atoms with Gasteiger partial charge in [0.05, 0.1) is 12.0 Å². The van der Waals surface area contributed by atoms with Gasteiger partial charge in [-0.05, 0) is 12.5 Å². The maximum Gasteiger partial charge on any atom is 0.228 e. The lowest BCUT2D eigenvalue weighted by molar-refractivity contribution is 0.396. The Morgan fingerprint density at radius 2 is 2.12 bits per heavy atom. The van der Waals surface area contributed by atoms with Gasteiger partial charge in [0.1, 0.15) is 5.01 Å². The predicted molar refractivity (Wildman–Crippen MR) is 75.8 cm³/mol. The van der Waals surface area contributed by atoms with Crippen molar-refractivity contribution in [1.82, 2.24) is 4.98 Å². The molecule has 0 spiro atoms. The van der Waals surface area contributed by atoms with Crippen LogP contribution in [0.25, 0.3) is 10.6 Å². The summed E-state index contributed by atoms with van der Waals surface area (Å²) in [4.78, 5) is 5.77. The molecule has 0 bridgehead atoms. The molecular formula is C13H14BrNOS. The van der Waals surface area contributed by atoms with Crippen molar-refractivity contribution in [2.45, 2.75) is 19.8 Å². The first-order valence-electron chi connectivity index (χ1n) is 5.54. The Morgan fingerprint density at radius 1 is 1.35 bits per heavy atom. The Bertz CT molecular complexity index is 510.